The Morgan fingerprint density at radius 3 is 2.95 bits per heavy atom. The normalized spacial score (nSPS) is 10.4. The van der Waals surface area contributed by atoms with Crippen LogP contribution in [0.1, 0.15) is 16.2 Å². The summed E-state index contributed by atoms with van der Waals surface area (Å²) in [6.07, 6.45) is 1.64. The number of nitrogens with one attached hydrogen (secondary N) is 1. The summed E-state index contributed by atoms with van der Waals surface area (Å²) >= 11 is 0. The van der Waals surface area contributed by atoms with Gasteiger partial charge in [-0.05, 0) is 12.1 Å². The molecule has 0 spiro atoms. The SMILES string of the molecule is Cn1cnnc1CNCCOc1ccccc1C(=O)O. The van der Waals surface area contributed by atoms with Gasteiger partial charge in [0.15, 0.2) is 0 Å². The fourth-order valence-corrected chi connectivity index (χ4v) is 1.67. The zero-order valence-electron chi connectivity index (χ0n) is 11.1. The van der Waals surface area contributed by atoms with Gasteiger partial charge in [-0.25, -0.2) is 4.79 Å². The Morgan fingerprint density at radius 2 is 2.25 bits per heavy atom. The standard InChI is InChI=1S/C13H16N4O3/c1-17-9-15-16-12(17)8-14-6-7-20-11-5-3-2-4-10(11)13(18)19/h2-5,9,14H,6-8H2,1H3,(H,18,19). The Kier molecular flexibility index (Phi) is 4.67. The first kappa shape index (κ1) is 14.0. The van der Waals surface area contributed by atoms with E-state index < -0.39 is 5.97 Å². The van der Waals surface area contributed by atoms with Gasteiger partial charge in [-0.1, -0.05) is 12.1 Å². The van der Waals surface area contributed by atoms with Gasteiger partial charge in [0.05, 0.1) is 6.54 Å². The number of aromatic nitrogens is 3. The van der Waals surface area contributed by atoms with Gasteiger partial charge in [0.25, 0.3) is 0 Å². The lowest BCUT2D eigenvalue weighted by atomic mass is 10.2. The summed E-state index contributed by atoms with van der Waals surface area (Å²) in [6, 6.07) is 6.58. The summed E-state index contributed by atoms with van der Waals surface area (Å²) in [6.45, 7) is 1.55. The molecule has 2 rings (SSSR count). The largest absolute Gasteiger partial charge is 0.491 e. The van der Waals surface area contributed by atoms with Crippen LogP contribution in [0.15, 0.2) is 30.6 Å². The van der Waals surface area contributed by atoms with E-state index in [2.05, 4.69) is 15.5 Å². The number of ether oxygens (including phenoxy) is 1. The molecule has 106 valence electrons. The minimum atomic E-state index is -0.993. The van der Waals surface area contributed by atoms with Crippen LogP contribution in [0, 0.1) is 0 Å². The molecular formula is C13H16N4O3. The van der Waals surface area contributed by atoms with Crippen molar-refractivity contribution in [3.63, 3.8) is 0 Å². The van der Waals surface area contributed by atoms with Crippen LogP contribution in [0.5, 0.6) is 5.75 Å². The van der Waals surface area contributed by atoms with Gasteiger partial charge in [0.2, 0.25) is 0 Å². The number of rotatable bonds is 7. The molecule has 0 bridgehead atoms. The molecule has 7 nitrogen and oxygen atoms in total. The summed E-state index contributed by atoms with van der Waals surface area (Å²) in [5.74, 6) is 0.212. The maximum Gasteiger partial charge on any atom is 0.339 e. The van der Waals surface area contributed by atoms with E-state index in [4.69, 9.17) is 9.84 Å². The van der Waals surface area contributed by atoms with Crippen molar-refractivity contribution in [2.45, 2.75) is 6.54 Å². The van der Waals surface area contributed by atoms with Crippen molar-refractivity contribution in [1.29, 1.82) is 0 Å². The van der Waals surface area contributed by atoms with Gasteiger partial charge < -0.3 is 19.7 Å². The molecule has 0 aliphatic rings. The van der Waals surface area contributed by atoms with Crippen molar-refractivity contribution in [3.05, 3.63) is 42.0 Å². The van der Waals surface area contributed by atoms with Crippen molar-refractivity contribution >= 4 is 5.97 Å². The molecule has 0 unspecified atom stereocenters. The minimum absolute atomic E-state index is 0.167. The molecule has 0 saturated carbocycles. The predicted octanol–water partition coefficient (Wildman–Crippen LogP) is 0.682. The van der Waals surface area contributed by atoms with Crippen molar-refractivity contribution in [3.8, 4) is 5.75 Å². The third kappa shape index (κ3) is 3.55. The molecule has 1 aromatic heterocycles. The summed E-state index contributed by atoms with van der Waals surface area (Å²) in [5, 5.41) is 19.9. The van der Waals surface area contributed by atoms with E-state index in [0.717, 1.165) is 5.82 Å². The maximum absolute atomic E-state index is 11.0. The summed E-state index contributed by atoms with van der Waals surface area (Å²) in [7, 11) is 1.87. The molecule has 2 aromatic rings. The van der Waals surface area contributed by atoms with Crippen LogP contribution in [0.3, 0.4) is 0 Å². The van der Waals surface area contributed by atoms with Crippen LogP contribution < -0.4 is 10.1 Å². The molecule has 0 aliphatic heterocycles. The second-order valence-electron chi connectivity index (χ2n) is 4.18. The summed E-state index contributed by atoms with van der Waals surface area (Å²) in [5.41, 5.74) is 0.167. The number of aromatic carboxylic acids is 1. The van der Waals surface area contributed by atoms with E-state index >= 15 is 0 Å². The number of benzene rings is 1. The topological polar surface area (TPSA) is 89.3 Å². The highest BCUT2D eigenvalue weighted by molar-refractivity contribution is 5.90. The highest BCUT2D eigenvalue weighted by Gasteiger charge is 2.09. The zero-order chi connectivity index (χ0) is 14.4. The van der Waals surface area contributed by atoms with Crippen LogP contribution in [0.25, 0.3) is 0 Å². The van der Waals surface area contributed by atoms with Crippen LogP contribution in [-0.2, 0) is 13.6 Å². The number of hydrogen-bond acceptors (Lipinski definition) is 5. The number of nitrogens with zero attached hydrogens (tertiary/aromatic N) is 3. The molecular weight excluding hydrogens is 260 g/mol. The number of para-hydroxylation sites is 1. The van der Waals surface area contributed by atoms with E-state index in [0.29, 0.717) is 25.4 Å². The molecule has 1 heterocycles. The minimum Gasteiger partial charge on any atom is -0.491 e. The molecule has 0 fully saturated rings. The smallest absolute Gasteiger partial charge is 0.339 e. The van der Waals surface area contributed by atoms with Crippen molar-refractivity contribution in [2.24, 2.45) is 7.05 Å². The Hall–Kier alpha value is -2.41. The number of carboxylic acid groups (broad SMARTS) is 1. The average Bonchev–Trinajstić information content (AvgIpc) is 2.84. The van der Waals surface area contributed by atoms with E-state index in [1.165, 1.54) is 6.07 Å². The molecule has 7 heteroatoms. The first-order chi connectivity index (χ1) is 9.68. The van der Waals surface area contributed by atoms with Gasteiger partial charge >= 0.3 is 5.97 Å². The molecule has 20 heavy (non-hydrogen) atoms. The van der Waals surface area contributed by atoms with Gasteiger partial charge in [-0.3, -0.25) is 0 Å². The lowest BCUT2D eigenvalue weighted by Crippen LogP contribution is -2.22. The van der Waals surface area contributed by atoms with Crippen molar-refractivity contribution in [1.82, 2.24) is 20.1 Å². The lowest BCUT2D eigenvalue weighted by molar-refractivity contribution is 0.0692. The fraction of sp³-hybridized carbons (Fsp3) is 0.308. The second kappa shape index (κ2) is 6.67. The third-order valence-corrected chi connectivity index (χ3v) is 2.74. The summed E-state index contributed by atoms with van der Waals surface area (Å²) in [4.78, 5) is 11.0. The van der Waals surface area contributed by atoms with Crippen LogP contribution in [-0.4, -0.2) is 39.0 Å². The van der Waals surface area contributed by atoms with E-state index in [-0.39, 0.29) is 5.56 Å². The fourth-order valence-electron chi connectivity index (χ4n) is 1.67. The second-order valence-corrected chi connectivity index (χ2v) is 4.18. The van der Waals surface area contributed by atoms with Crippen LogP contribution in [0.2, 0.25) is 0 Å². The van der Waals surface area contributed by atoms with Gasteiger partial charge in [0.1, 0.15) is 30.1 Å². The quantitative estimate of drug-likeness (QED) is 0.723. The zero-order valence-corrected chi connectivity index (χ0v) is 11.1. The first-order valence-electron chi connectivity index (χ1n) is 6.17. The monoisotopic (exact) mass is 276 g/mol. The molecule has 2 N–H and O–H groups in total. The van der Waals surface area contributed by atoms with Gasteiger partial charge in [-0.15, -0.1) is 10.2 Å². The summed E-state index contributed by atoms with van der Waals surface area (Å²) < 4.78 is 7.29. The molecule has 0 saturated heterocycles. The van der Waals surface area contributed by atoms with E-state index in [9.17, 15) is 4.79 Å². The van der Waals surface area contributed by atoms with Gasteiger partial charge in [-0.2, -0.15) is 0 Å². The van der Waals surface area contributed by atoms with Crippen LogP contribution in [0.4, 0.5) is 0 Å². The van der Waals surface area contributed by atoms with E-state index in [1.807, 2.05) is 11.6 Å². The third-order valence-electron chi connectivity index (χ3n) is 2.74. The van der Waals surface area contributed by atoms with Crippen molar-refractivity contribution in [2.75, 3.05) is 13.2 Å². The molecule has 0 radical (unpaired) electrons. The van der Waals surface area contributed by atoms with Crippen molar-refractivity contribution < 1.29 is 14.6 Å². The number of carbonyl (C=O) groups is 1. The highest BCUT2D eigenvalue weighted by atomic mass is 16.5. The molecule has 1 aromatic carbocycles. The highest BCUT2D eigenvalue weighted by Crippen LogP contribution is 2.17. The number of aryl methyl sites for hydroxylation is 1. The van der Waals surface area contributed by atoms with Crippen LogP contribution >= 0.6 is 0 Å². The Balaban J connectivity index is 1.76. The number of hydrogen-bond donors (Lipinski definition) is 2. The number of carboxylic acids is 1. The molecule has 0 atom stereocenters. The van der Waals surface area contributed by atoms with E-state index in [1.54, 1.807) is 24.5 Å². The Bertz CT molecular complexity index is 583. The molecule has 0 amide bonds. The lowest BCUT2D eigenvalue weighted by Gasteiger charge is -2.09. The molecule has 0 aliphatic carbocycles. The Morgan fingerprint density at radius 1 is 1.45 bits per heavy atom. The predicted molar refractivity (Wildman–Crippen MR) is 71.6 cm³/mol. The maximum atomic E-state index is 11.0. The average molecular weight is 276 g/mol. The van der Waals surface area contributed by atoms with Gasteiger partial charge in [0, 0.05) is 13.6 Å². The first-order valence-corrected chi connectivity index (χ1v) is 6.17. The Labute approximate surface area is 116 Å².